The second-order valence-corrected chi connectivity index (χ2v) is 7.45. The highest BCUT2D eigenvalue weighted by Crippen LogP contribution is 2.18. The van der Waals surface area contributed by atoms with E-state index < -0.39 is 9.84 Å². The van der Waals surface area contributed by atoms with Gasteiger partial charge in [-0.05, 0) is 34.5 Å². The van der Waals surface area contributed by atoms with Crippen LogP contribution in [0.3, 0.4) is 0 Å². The van der Waals surface area contributed by atoms with Crippen molar-refractivity contribution >= 4 is 31.7 Å². The second-order valence-electron chi connectivity index (χ2n) is 4.29. The van der Waals surface area contributed by atoms with Crippen LogP contribution in [0.25, 0.3) is 0 Å². The van der Waals surface area contributed by atoms with Crippen molar-refractivity contribution in [1.29, 1.82) is 0 Å². The Hall–Kier alpha value is -0.950. The molecule has 0 radical (unpaired) electrons. The Morgan fingerprint density at radius 1 is 1.39 bits per heavy atom. The van der Waals surface area contributed by atoms with Gasteiger partial charge in [-0.2, -0.15) is 0 Å². The summed E-state index contributed by atoms with van der Waals surface area (Å²) in [6, 6.07) is 1.82. The van der Waals surface area contributed by atoms with Gasteiger partial charge in [0.1, 0.15) is 5.69 Å². The number of amides is 1. The van der Waals surface area contributed by atoms with Crippen molar-refractivity contribution < 1.29 is 13.2 Å². The van der Waals surface area contributed by atoms with Gasteiger partial charge in [0.05, 0.1) is 11.5 Å². The summed E-state index contributed by atoms with van der Waals surface area (Å²) in [4.78, 5) is 17.8. The number of aromatic nitrogens is 1. The van der Waals surface area contributed by atoms with Crippen LogP contribution in [0.1, 0.15) is 16.1 Å². The lowest BCUT2D eigenvalue weighted by Crippen LogP contribution is -2.44. The van der Waals surface area contributed by atoms with Crippen LogP contribution in [0.4, 0.5) is 0 Å². The van der Waals surface area contributed by atoms with Crippen molar-refractivity contribution in [2.75, 3.05) is 24.6 Å². The van der Waals surface area contributed by atoms with E-state index in [0.717, 1.165) is 5.56 Å². The van der Waals surface area contributed by atoms with Gasteiger partial charge in [-0.25, -0.2) is 13.4 Å². The molecule has 5 nitrogen and oxygen atoms in total. The van der Waals surface area contributed by atoms with Gasteiger partial charge in [0, 0.05) is 23.8 Å². The molecule has 0 atom stereocenters. The molecule has 0 aliphatic carbocycles. The zero-order valence-corrected chi connectivity index (χ0v) is 12.3. The maximum atomic E-state index is 12.2. The molecule has 1 aromatic heterocycles. The average molecular weight is 333 g/mol. The van der Waals surface area contributed by atoms with Crippen LogP contribution in [0, 0.1) is 6.92 Å². The van der Waals surface area contributed by atoms with Gasteiger partial charge in [-0.3, -0.25) is 4.79 Å². The van der Waals surface area contributed by atoms with Crippen LogP contribution in [-0.4, -0.2) is 48.8 Å². The number of pyridine rings is 1. The lowest BCUT2D eigenvalue weighted by atomic mass is 10.2. The summed E-state index contributed by atoms with van der Waals surface area (Å²) in [5, 5.41) is 0. The summed E-state index contributed by atoms with van der Waals surface area (Å²) >= 11 is 3.31. The molecule has 1 aromatic rings. The summed E-state index contributed by atoms with van der Waals surface area (Å²) in [6.45, 7) is 2.37. The molecule has 1 aliphatic rings. The zero-order chi connectivity index (χ0) is 13.3. The van der Waals surface area contributed by atoms with E-state index in [1.165, 1.54) is 4.90 Å². The fourth-order valence-electron chi connectivity index (χ4n) is 1.76. The number of halogens is 1. The maximum absolute atomic E-state index is 12.2. The minimum absolute atomic E-state index is 0.0300. The van der Waals surface area contributed by atoms with Crippen molar-refractivity contribution in [2.24, 2.45) is 0 Å². The molecule has 2 rings (SSSR count). The molecule has 1 saturated heterocycles. The van der Waals surface area contributed by atoms with E-state index in [1.807, 2.05) is 13.0 Å². The summed E-state index contributed by atoms with van der Waals surface area (Å²) in [5.74, 6) is -0.165. The third-order valence-corrected chi connectivity index (χ3v) is 5.03. The molecule has 1 amide bonds. The van der Waals surface area contributed by atoms with Gasteiger partial charge in [-0.1, -0.05) is 0 Å². The Balaban J connectivity index is 2.17. The molecule has 1 aliphatic heterocycles. The standard InChI is InChI=1S/C11H13BrN2O3S/c1-8-6-9(12)10(13-7-8)11(15)14-2-4-18(16,17)5-3-14/h6-7H,2-5H2,1H3. The van der Waals surface area contributed by atoms with Crippen LogP contribution in [-0.2, 0) is 9.84 Å². The van der Waals surface area contributed by atoms with Crippen molar-refractivity contribution in [2.45, 2.75) is 6.92 Å². The highest BCUT2D eigenvalue weighted by atomic mass is 79.9. The number of hydrogen-bond acceptors (Lipinski definition) is 4. The number of aryl methyl sites for hydroxylation is 1. The summed E-state index contributed by atoms with van der Waals surface area (Å²) < 4.78 is 23.2. The lowest BCUT2D eigenvalue weighted by molar-refractivity contribution is 0.0763. The van der Waals surface area contributed by atoms with Gasteiger partial charge in [-0.15, -0.1) is 0 Å². The van der Waals surface area contributed by atoms with E-state index in [1.54, 1.807) is 6.20 Å². The summed E-state index contributed by atoms with van der Waals surface area (Å²) in [7, 11) is -2.97. The van der Waals surface area contributed by atoms with Crippen molar-refractivity contribution in [3.05, 3.63) is 28.0 Å². The molecule has 2 heterocycles. The van der Waals surface area contributed by atoms with Crippen LogP contribution in [0.15, 0.2) is 16.7 Å². The molecule has 0 spiro atoms. The molecule has 98 valence electrons. The van der Waals surface area contributed by atoms with Crippen LogP contribution in [0.2, 0.25) is 0 Å². The van der Waals surface area contributed by atoms with Crippen molar-refractivity contribution in [3.8, 4) is 0 Å². The van der Waals surface area contributed by atoms with E-state index in [9.17, 15) is 13.2 Å². The predicted octanol–water partition coefficient (Wildman–Crippen LogP) is 1.02. The van der Waals surface area contributed by atoms with E-state index in [0.29, 0.717) is 10.2 Å². The monoisotopic (exact) mass is 332 g/mol. The Bertz CT molecular complexity index is 572. The van der Waals surface area contributed by atoms with Crippen LogP contribution >= 0.6 is 15.9 Å². The molecule has 7 heteroatoms. The van der Waals surface area contributed by atoms with Gasteiger partial charge < -0.3 is 4.90 Å². The first-order chi connectivity index (χ1) is 8.39. The van der Waals surface area contributed by atoms with Crippen LogP contribution in [0.5, 0.6) is 0 Å². The zero-order valence-electron chi connectivity index (χ0n) is 9.89. The largest absolute Gasteiger partial charge is 0.335 e. The molecule has 1 fully saturated rings. The van der Waals surface area contributed by atoms with Crippen molar-refractivity contribution in [3.63, 3.8) is 0 Å². The first kappa shape index (κ1) is 13.5. The Morgan fingerprint density at radius 2 is 2.00 bits per heavy atom. The number of carbonyl (C=O) groups excluding carboxylic acids is 1. The first-order valence-electron chi connectivity index (χ1n) is 5.51. The lowest BCUT2D eigenvalue weighted by Gasteiger charge is -2.26. The van der Waals surface area contributed by atoms with Crippen molar-refractivity contribution in [1.82, 2.24) is 9.88 Å². The van der Waals surface area contributed by atoms with E-state index in [2.05, 4.69) is 20.9 Å². The Morgan fingerprint density at radius 3 is 2.56 bits per heavy atom. The number of rotatable bonds is 1. The molecule has 0 aromatic carbocycles. The fraction of sp³-hybridized carbons (Fsp3) is 0.455. The molecular weight excluding hydrogens is 320 g/mol. The van der Waals surface area contributed by atoms with Gasteiger partial charge in [0.25, 0.3) is 5.91 Å². The molecule has 0 saturated carbocycles. The Labute approximate surface area is 114 Å². The van der Waals surface area contributed by atoms with E-state index in [4.69, 9.17) is 0 Å². The summed E-state index contributed by atoms with van der Waals surface area (Å²) in [5.41, 5.74) is 1.29. The molecule has 0 unspecified atom stereocenters. The molecule has 0 N–H and O–H groups in total. The SMILES string of the molecule is Cc1cnc(C(=O)N2CCS(=O)(=O)CC2)c(Br)c1. The molecule has 18 heavy (non-hydrogen) atoms. The Kier molecular flexibility index (Phi) is 3.72. The first-order valence-corrected chi connectivity index (χ1v) is 8.12. The van der Waals surface area contributed by atoms with E-state index in [-0.39, 0.29) is 30.5 Å². The minimum Gasteiger partial charge on any atom is -0.335 e. The van der Waals surface area contributed by atoms with Crippen LogP contribution < -0.4 is 0 Å². The number of hydrogen-bond donors (Lipinski definition) is 0. The highest BCUT2D eigenvalue weighted by molar-refractivity contribution is 9.10. The normalized spacial score (nSPS) is 18.7. The molecular formula is C11H13BrN2O3S. The number of carbonyl (C=O) groups is 1. The van der Waals surface area contributed by atoms with E-state index >= 15 is 0 Å². The quantitative estimate of drug-likeness (QED) is 0.770. The average Bonchev–Trinajstić information content (AvgIpc) is 2.28. The third-order valence-electron chi connectivity index (χ3n) is 2.81. The number of sulfone groups is 1. The number of nitrogens with zero attached hydrogens (tertiary/aromatic N) is 2. The smallest absolute Gasteiger partial charge is 0.273 e. The topological polar surface area (TPSA) is 67.3 Å². The van der Waals surface area contributed by atoms with Gasteiger partial charge in [0.2, 0.25) is 0 Å². The van der Waals surface area contributed by atoms with Gasteiger partial charge >= 0.3 is 0 Å². The minimum atomic E-state index is -2.97. The maximum Gasteiger partial charge on any atom is 0.273 e. The highest BCUT2D eigenvalue weighted by Gasteiger charge is 2.27. The third kappa shape index (κ3) is 2.89. The second kappa shape index (κ2) is 4.97. The predicted molar refractivity (Wildman–Crippen MR) is 71.2 cm³/mol. The summed E-state index contributed by atoms with van der Waals surface area (Å²) in [6.07, 6.45) is 1.62. The van der Waals surface area contributed by atoms with Gasteiger partial charge in [0.15, 0.2) is 9.84 Å². The fourth-order valence-corrected chi connectivity index (χ4v) is 3.59. The molecule has 0 bridgehead atoms.